The molecule has 0 aliphatic carbocycles. The highest BCUT2D eigenvalue weighted by atomic mass is 19.1. The Morgan fingerprint density at radius 2 is 1.62 bits per heavy atom. The van der Waals surface area contributed by atoms with Crippen LogP contribution in [0.2, 0.25) is 0 Å². The average Bonchev–Trinajstić information content (AvgIpc) is 2.43. The maximum absolute atomic E-state index is 13.7. The van der Waals surface area contributed by atoms with Gasteiger partial charge in [-0.3, -0.25) is 4.79 Å². The normalized spacial score (nSPS) is 9.81. The predicted molar refractivity (Wildman–Crippen MR) is 75.1 cm³/mol. The van der Waals surface area contributed by atoms with E-state index in [0.717, 1.165) is 12.1 Å². The molecule has 2 aromatic carbocycles. The van der Waals surface area contributed by atoms with Crippen LogP contribution in [0.15, 0.2) is 36.4 Å². The van der Waals surface area contributed by atoms with Crippen LogP contribution in [-0.2, 0) is 4.79 Å². The van der Waals surface area contributed by atoms with Crippen LogP contribution < -0.4 is 10.6 Å². The van der Waals surface area contributed by atoms with Crippen molar-refractivity contribution in [2.45, 2.75) is 6.92 Å². The Kier molecular flexibility index (Phi) is 4.14. The van der Waals surface area contributed by atoms with Gasteiger partial charge in [0.2, 0.25) is 5.91 Å². The van der Waals surface area contributed by atoms with Crippen molar-refractivity contribution in [3.8, 4) is 6.07 Å². The number of nitrogens with zero attached hydrogens (tertiary/aromatic N) is 1. The predicted octanol–water partition coefficient (Wildman–Crippen LogP) is 3.54. The molecule has 0 spiro atoms. The Bertz CT molecular complexity index is 698. The van der Waals surface area contributed by atoms with Crippen LogP contribution in [0, 0.1) is 23.0 Å². The average molecular weight is 287 g/mol. The number of hydrogen-bond donors (Lipinski definition) is 2. The van der Waals surface area contributed by atoms with E-state index >= 15 is 0 Å². The second-order valence-corrected chi connectivity index (χ2v) is 4.31. The Balaban J connectivity index is 2.23. The van der Waals surface area contributed by atoms with Gasteiger partial charge >= 0.3 is 0 Å². The fourth-order valence-corrected chi connectivity index (χ4v) is 1.74. The van der Waals surface area contributed by atoms with Gasteiger partial charge in [0.15, 0.2) is 11.6 Å². The number of rotatable bonds is 3. The topological polar surface area (TPSA) is 64.9 Å². The van der Waals surface area contributed by atoms with E-state index in [-0.39, 0.29) is 17.2 Å². The van der Waals surface area contributed by atoms with Gasteiger partial charge in [0, 0.05) is 18.3 Å². The Labute approximate surface area is 120 Å². The number of carbonyl (C=O) groups excluding carboxylic acids is 1. The van der Waals surface area contributed by atoms with Crippen molar-refractivity contribution in [1.29, 1.82) is 5.26 Å². The molecule has 0 aliphatic rings. The molecule has 2 N–H and O–H groups in total. The first kappa shape index (κ1) is 14.5. The van der Waals surface area contributed by atoms with E-state index in [1.807, 2.05) is 0 Å². The van der Waals surface area contributed by atoms with E-state index in [1.165, 1.54) is 6.92 Å². The van der Waals surface area contributed by atoms with Crippen molar-refractivity contribution >= 4 is 23.0 Å². The third-order valence-electron chi connectivity index (χ3n) is 2.65. The fraction of sp³-hybridized carbons (Fsp3) is 0.0667. The minimum absolute atomic E-state index is 0.0865. The van der Waals surface area contributed by atoms with Crippen LogP contribution in [0.4, 0.5) is 25.8 Å². The van der Waals surface area contributed by atoms with Crippen molar-refractivity contribution in [2.75, 3.05) is 10.6 Å². The molecular formula is C15H11F2N3O. The summed E-state index contributed by atoms with van der Waals surface area (Å²) in [5.74, 6) is -1.91. The summed E-state index contributed by atoms with van der Waals surface area (Å²) in [6.45, 7) is 1.38. The van der Waals surface area contributed by atoms with Crippen LogP contribution in [0.25, 0.3) is 0 Å². The van der Waals surface area contributed by atoms with Gasteiger partial charge in [-0.25, -0.2) is 8.78 Å². The lowest BCUT2D eigenvalue weighted by Crippen LogP contribution is -2.05. The van der Waals surface area contributed by atoms with Gasteiger partial charge in [-0.15, -0.1) is 0 Å². The van der Waals surface area contributed by atoms with E-state index < -0.39 is 11.6 Å². The maximum atomic E-state index is 13.7. The summed E-state index contributed by atoms with van der Waals surface area (Å²) in [6.07, 6.45) is 0. The standard InChI is InChI=1S/C15H11F2N3O/c1-9(21)19-11-2-4-12(5-3-11)20-15-13(16)6-10(8-18)7-14(15)17/h2-7,20H,1H3,(H,19,21). The zero-order valence-electron chi connectivity index (χ0n) is 11.1. The van der Waals surface area contributed by atoms with Crippen molar-refractivity contribution in [2.24, 2.45) is 0 Å². The highest BCUT2D eigenvalue weighted by Gasteiger charge is 2.11. The summed E-state index contributed by atoms with van der Waals surface area (Å²) in [7, 11) is 0. The highest BCUT2D eigenvalue weighted by molar-refractivity contribution is 5.88. The van der Waals surface area contributed by atoms with E-state index in [2.05, 4.69) is 10.6 Å². The molecule has 21 heavy (non-hydrogen) atoms. The Hall–Kier alpha value is -2.94. The smallest absolute Gasteiger partial charge is 0.221 e. The summed E-state index contributed by atoms with van der Waals surface area (Å²) >= 11 is 0. The van der Waals surface area contributed by atoms with Gasteiger partial charge in [-0.05, 0) is 36.4 Å². The molecule has 0 aliphatic heterocycles. The maximum Gasteiger partial charge on any atom is 0.221 e. The second kappa shape index (κ2) is 6.01. The van der Waals surface area contributed by atoms with E-state index in [1.54, 1.807) is 30.3 Å². The molecule has 0 aromatic heterocycles. The van der Waals surface area contributed by atoms with Crippen LogP contribution in [0.1, 0.15) is 12.5 Å². The van der Waals surface area contributed by atoms with Gasteiger partial charge in [0.25, 0.3) is 0 Å². The Morgan fingerprint density at radius 1 is 1.10 bits per heavy atom. The number of nitriles is 1. The lowest BCUT2D eigenvalue weighted by molar-refractivity contribution is -0.114. The molecule has 0 atom stereocenters. The number of hydrogen-bond acceptors (Lipinski definition) is 3. The molecule has 0 radical (unpaired) electrons. The first-order valence-electron chi connectivity index (χ1n) is 6.03. The van der Waals surface area contributed by atoms with Gasteiger partial charge in [0.05, 0.1) is 11.6 Å². The van der Waals surface area contributed by atoms with Crippen molar-refractivity contribution in [3.05, 3.63) is 53.6 Å². The van der Waals surface area contributed by atoms with E-state index in [4.69, 9.17) is 5.26 Å². The van der Waals surface area contributed by atoms with Crippen LogP contribution in [0.3, 0.4) is 0 Å². The van der Waals surface area contributed by atoms with Crippen molar-refractivity contribution < 1.29 is 13.6 Å². The lowest BCUT2D eigenvalue weighted by atomic mass is 10.2. The highest BCUT2D eigenvalue weighted by Crippen LogP contribution is 2.25. The summed E-state index contributed by atoms with van der Waals surface area (Å²) in [6, 6.07) is 9.93. The van der Waals surface area contributed by atoms with Crippen LogP contribution >= 0.6 is 0 Å². The van der Waals surface area contributed by atoms with Gasteiger partial charge in [-0.2, -0.15) is 5.26 Å². The summed E-state index contributed by atoms with van der Waals surface area (Å²) in [5, 5.41) is 13.8. The quantitative estimate of drug-likeness (QED) is 0.907. The molecule has 2 rings (SSSR count). The SMILES string of the molecule is CC(=O)Nc1ccc(Nc2c(F)cc(C#N)cc2F)cc1. The number of anilines is 3. The molecule has 1 amide bonds. The molecule has 0 heterocycles. The summed E-state index contributed by atoms with van der Waals surface area (Å²) in [4.78, 5) is 10.9. The van der Waals surface area contributed by atoms with E-state index in [0.29, 0.717) is 11.4 Å². The third kappa shape index (κ3) is 3.54. The van der Waals surface area contributed by atoms with Crippen LogP contribution in [-0.4, -0.2) is 5.91 Å². The number of halogens is 2. The molecule has 106 valence electrons. The number of benzene rings is 2. The Morgan fingerprint density at radius 3 is 2.10 bits per heavy atom. The molecule has 4 nitrogen and oxygen atoms in total. The minimum Gasteiger partial charge on any atom is -0.351 e. The lowest BCUT2D eigenvalue weighted by Gasteiger charge is -2.10. The third-order valence-corrected chi connectivity index (χ3v) is 2.65. The number of carbonyl (C=O) groups is 1. The van der Waals surface area contributed by atoms with Crippen LogP contribution in [0.5, 0.6) is 0 Å². The first-order chi connectivity index (χ1) is 9.99. The van der Waals surface area contributed by atoms with Gasteiger partial charge in [-0.1, -0.05) is 0 Å². The fourth-order valence-electron chi connectivity index (χ4n) is 1.74. The molecule has 0 bridgehead atoms. The molecule has 0 unspecified atom stereocenters. The molecule has 0 fully saturated rings. The van der Waals surface area contributed by atoms with E-state index in [9.17, 15) is 13.6 Å². The zero-order valence-corrected chi connectivity index (χ0v) is 11.1. The van der Waals surface area contributed by atoms with Gasteiger partial charge in [0.1, 0.15) is 5.69 Å². The molecule has 0 saturated heterocycles. The number of amides is 1. The zero-order chi connectivity index (χ0) is 15.4. The van der Waals surface area contributed by atoms with Crippen molar-refractivity contribution in [3.63, 3.8) is 0 Å². The monoisotopic (exact) mass is 287 g/mol. The van der Waals surface area contributed by atoms with Gasteiger partial charge < -0.3 is 10.6 Å². The molecular weight excluding hydrogens is 276 g/mol. The first-order valence-corrected chi connectivity index (χ1v) is 6.03. The largest absolute Gasteiger partial charge is 0.351 e. The number of nitrogens with one attached hydrogen (secondary N) is 2. The molecule has 6 heteroatoms. The van der Waals surface area contributed by atoms with Crippen molar-refractivity contribution in [1.82, 2.24) is 0 Å². The molecule has 2 aromatic rings. The minimum atomic E-state index is -0.850. The second-order valence-electron chi connectivity index (χ2n) is 4.31. The molecule has 0 saturated carbocycles. The summed E-state index contributed by atoms with van der Waals surface area (Å²) in [5.41, 5.74) is 0.610. The summed E-state index contributed by atoms with van der Waals surface area (Å²) < 4.78 is 27.4.